The highest BCUT2D eigenvalue weighted by atomic mass is 79.9. The summed E-state index contributed by atoms with van der Waals surface area (Å²) in [7, 11) is 0. The number of benzene rings is 2. The first-order chi connectivity index (χ1) is 12.1. The van der Waals surface area contributed by atoms with E-state index in [1.165, 1.54) is 0 Å². The van der Waals surface area contributed by atoms with Gasteiger partial charge in [-0.15, -0.1) is 0 Å². The van der Waals surface area contributed by atoms with Crippen LogP contribution in [0.1, 0.15) is 15.9 Å². The van der Waals surface area contributed by atoms with Crippen molar-refractivity contribution in [1.29, 1.82) is 0 Å². The standard InChI is InChI=1S/C19H19BrN2O3/c20-15-6-7-17(21-13-18(23)22-8-10-25-11-9-22)16(12-15)19(24)14-4-2-1-3-5-14/h1-7,12,21H,8-11,13H2. The second kappa shape index (κ2) is 8.27. The predicted molar refractivity (Wildman–Crippen MR) is 99.9 cm³/mol. The van der Waals surface area contributed by atoms with Crippen LogP contribution in [0.15, 0.2) is 53.0 Å². The van der Waals surface area contributed by atoms with E-state index in [0.29, 0.717) is 43.1 Å². The first-order valence-corrected chi connectivity index (χ1v) is 8.93. The van der Waals surface area contributed by atoms with E-state index in [1.54, 1.807) is 23.1 Å². The van der Waals surface area contributed by atoms with E-state index in [9.17, 15) is 9.59 Å². The summed E-state index contributed by atoms with van der Waals surface area (Å²) in [5.74, 6) is -0.0763. The van der Waals surface area contributed by atoms with Crippen molar-refractivity contribution in [1.82, 2.24) is 4.90 Å². The molecule has 0 spiro atoms. The van der Waals surface area contributed by atoms with Crippen molar-refractivity contribution in [2.75, 3.05) is 38.2 Å². The highest BCUT2D eigenvalue weighted by Crippen LogP contribution is 2.24. The van der Waals surface area contributed by atoms with Crippen molar-refractivity contribution < 1.29 is 14.3 Å². The molecule has 2 aromatic carbocycles. The number of hydrogen-bond donors (Lipinski definition) is 1. The molecular weight excluding hydrogens is 384 g/mol. The molecule has 1 aliphatic rings. The van der Waals surface area contributed by atoms with Gasteiger partial charge in [0, 0.05) is 34.4 Å². The van der Waals surface area contributed by atoms with Gasteiger partial charge in [0.1, 0.15) is 0 Å². The van der Waals surface area contributed by atoms with Crippen LogP contribution in [0, 0.1) is 0 Å². The number of nitrogens with one attached hydrogen (secondary N) is 1. The van der Waals surface area contributed by atoms with Gasteiger partial charge in [-0.2, -0.15) is 0 Å². The van der Waals surface area contributed by atoms with Crippen LogP contribution in [0.4, 0.5) is 5.69 Å². The normalized spacial score (nSPS) is 14.2. The number of ether oxygens (including phenoxy) is 1. The molecule has 25 heavy (non-hydrogen) atoms. The highest BCUT2D eigenvalue weighted by molar-refractivity contribution is 9.10. The van der Waals surface area contributed by atoms with E-state index in [0.717, 1.165) is 4.47 Å². The van der Waals surface area contributed by atoms with Crippen molar-refractivity contribution in [3.05, 3.63) is 64.1 Å². The number of nitrogens with zero attached hydrogens (tertiary/aromatic N) is 1. The number of ketones is 1. The van der Waals surface area contributed by atoms with E-state index in [1.807, 2.05) is 30.3 Å². The van der Waals surface area contributed by atoms with Crippen LogP contribution in [0.2, 0.25) is 0 Å². The third-order valence-electron chi connectivity index (χ3n) is 4.06. The molecule has 0 unspecified atom stereocenters. The fourth-order valence-electron chi connectivity index (χ4n) is 2.70. The van der Waals surface area contributed by atoms with Crippen LogP contribution in [-0.2, 0) is 9.53 Å². The quantitative estimate of drug-likeness (QED) is 0.781. The van der Waals surface area contributed by atoms with E-state index in [-0.39, 0.29) is 18.2 Å². The summed E-state index contributed by atoms with van der Waals surface area (Å²) in [6.45, 7) is 2.51. The van der Waals surface area contributed by atoms with Gasteiger partial charge in [-0.1, -0.05) is 46.3 Å². The first-order valence-electron chi connectivity index (χ1n) is 8.14. The second-order valence-electron chi connectivity index (χ2n) is 5.73. The number of rotatable bonds is 5. The molecule has 1 aliphatic heterocycles. The Bertz CT molecular complexity index is 759. The van der Waals surface area contributed by atoms with Crippen LogP contribution in [-0.4, -0.2) is 49.4 Å². The number of halogens is 1. The third kappa shape index (κ3) is 4.46. The molecule has 1 heterocycles. The summed E-state index contributed by atoms with van der Waals surface area (Å²) in [5.41, 5.74) is 1.80. The van der Waals surface area contributed by atoms with Crippen molar-refractivity contribution in [2.45, 2.75) is 0 Å². The summed E-state index contributed by atoms with van der Waals surface area (Å²) >= 11 is 3.41. The molecule has 0 aromatic heterocycles. The SMILES string of the molecule is O=C(c1ccccc1)c1cc(Br)ccc1NCC(=O)N1CCOCC1. The number of morpholine rings is 1. The number of anilines is 1. The van der Waals surface area contributed by atoms with Crippen LogP contribution < -0.4 is 5.32 Å². The Hall–Kier alpha value is -2.18. The smallest absolute Gasteiger partial charge is 0.242 e. The minimum atomic E-state index is -0.0804. The number of hydrogen-bond acceptors (Lipinski definition) is 4. The van der Waals surface area contributed by atoms with E-state index < -0.39 is 0 Å². The number of carbonyl (C=O) groups excluding carboxylic acids is 2. The highest BCUT2D eigenvalue weighted by Gasteiger charge is 2.18. The molecule has 2 aromatic rings. The fraction of sp³-hybridized carbons (Fsp3) is 0.263. The molecule has 0 atom stereocenters. The molecule has 5 nitrogen and oxygen atoms in total. The summed E-state index contributed by atoms with van der Waals surface area (Å²) in [5, 5.41) is 3.11. The van der Waals surface area contributed by atoms with Crippen LogP contribution >= 0.6 is 15.9 Å². The van der Waals surface area contributed by atoms with Crippen molar-refractivity contribution in [3.8, 4) is 0 Å². The fourth-order valence-corrected chi connectivity index (χ4v) is 3.06. The lowest BCUT2D eigenvalue weighted by Crippen LogP contribution is -2.43. The average Bonchev–Trinajstić information content (AvgIpc) is 2.67. The Labute approximate surface area is 155 Å². The summed E-state index contributed by atoms with van der Waals surface area (Å²) < 4.78 is 6.08. The monoisotopic (exact) mass is 402 g/mol. The third-order valence-corrected chi connectivity index (χ3v) is 4.55. The molecule has 0 saturated carbocycles. The van der Waals surface area contributed by atoms with Gasteiger partial charge < -0.3 is 15.0 Å². The zero-order valence-corrected chi connectivity index (χ0v) is 15.3. The molecule has 1 fully saturated rings. The average molecular weight is 403 g/mol. The largest absolute Gasteiger partial charge is 0.378 e. The van der Waals surface area contributed by atoms with Gasteiger partial charge in [0.05, 0.1) is 19.8 Å². The lowest BCUT2D eigenvalue weighted by Gasteiger charge is -2.27. The lowest BCUT2D eigenvalue weighted by atomic mass is 10.0. The van der Waals surface area contributed by atoms with Crippen molar-refractivity contribution in [2.24, 2.45) is 0 Å². The van der Waals surface area contributed by atoms with Gasteiger partial charge in [-0.25, -0.2) is 0 Å². The van der Waals surface area contributed by atoms with Crippen LogP contribution in [0.5, 0.6) is 0 Å². The van der Waals surface area contributed by atoms with E-state index >= 15 is 0 Å². The predicted octanol–water partition coefficient (Wildman–Crippen LogP) is 2.95. The Morgan fingerprint density at radius 1 is 1.08 bits per heavy atom. The molecule has 1 amide bonds. The molecular formula is C19H19BrN2O3. The van der Waals surface area contributed by atoms with Gasteiger partial charge >= 0.3 is 0 Å². The summed E-state index contributed by atoms with van der Waals surface area (Å²) in [6, 6.07) is 14.5. The summed E-state index contributed by atoms with van der Waals surface area (Å²) in [4.78, 5) is 26.9. The van der Waals surface area contributed by atoms with Crippen molar-refractivity contribution >= 4 is 33.3 Å². The molecule has 6 heteroatoms. The minimum absolute atomic E-state index is 0.00401. The lowest BCUT2D eigenvalue weighted by molar-refractivity contribution is -0.133. The first kappa shape index (κ1) is 17.6. The van der Waals surface area contributed by atoms with Gasteiger partial charge in [0.15, 0.2) is 5.78 Å². The number of carbonyl (C=O) groups is 2. The Morgan fingerprint density at radius 2 is 1.80 bits per heavy atom. The Kier molecular flexibility index (Phi) is 5.83. The maximum Gasteiger partial charge on any atom is 0.242 e. The molecule has 1 N–H and O–H groups in total. The second-order valence-corrected chi connectivity index (χ2v) is 6.65. The molecule has 1 saturated heterocycles. The molecule has 0 aliphatic carbocycles. The molecule has 130 valence electrons. The van der Waals surface area contributed by atoms with E-state index in [4.69, 9.17) is 4.74 Å². The van der Waals surface area contributed by atoms with Gasteiger partial charge in [0.25, 0.3) is 0 Å². The minimum Gasteiger partial charge on any atom is -0.378 e. The molecule has 0 radical (unpaired) electrons. The van der Waals surface area contributed by atoms with Gasteiger partial charge in [-0.05, 0) is 18.2 Å². The Morgan fingerprint density at radius 3 is 2.52 bits per heavy atom. The Balaban J connectivity index is 1.75. The van der Waals surface area contributed by atoms with E-state index in [2.05, 4.69) is 21.2 Å². The number of amides is 1. The van der Waals surface area contributed by atoms with Crippen LogP contribution in [0.3, 0.4) is 0 Å². The zero-order valence-electron chi connectivity index (χ0n) is 13.7. The molecule has 3 rings (SSSR count). The zero-order chi connectivity index (χ0) is 17.6. The maximum atomic E-state index is 12.8. The van der Waals surface area contributed by atoms with Crippen LogP contribution in [0.25, 0.3) is 0 Å². The van der Waals surface area contributed by atoms with Gasteiger partial charge in [-0.3, -0.25) is 9.59 Å². The van der Waals surface area contributed by atoms with Gasteiger partial charge in [0.2, 0.25) is 5.91 Å². The molecule has 0 bridgehead atoms. The van der Waals surface area contributed by atoms with Crippen molar-refractivity contribution in [3.63, 3.8) is 0 Å². The summed E-state index contributed by atoms with van der Waals surface area (Å²) in [6.07, 6.45) is 0. The topological polar surface area (TPSA) is 58.6 Å². The maximum absolute atomic E-state index is 12.8.